The second-order valence-corrected chi connectivity index (χ2v) is 10.7. The van der Waals surface area contributed by atoms with E-state index < -0.39 is 47.0 Å². The van der Waals surface area contributed by atoms with Crippen LogP contribution in [0.5, 0.6) is 0 Å². The van der Waals surface area contributed by atoms with E-state index >= 15 is 0 Å². The van der Waals surface area contributed by atoms with Crippen LogP contribution in [0.1, 0.15) is 53.4 Å². The van der Waals surface area contributed by atoms with Gasteiger partial charge in [0.15, 0.2) is 18.0 Å². The number of allylic oxidation sites excluding steroid dienone is 4. The van der Waals surface area contributed by atoms with Gasteiger partial charge in [0.25, 0.3) is 0 Å². The van der Waals surface area contributed by atoms with Gasteiger partial charge in [-0.05, 0) is 55.6 Å². The lowest BCUT2D eigenvalue weighted by atomic mass is 9.44. The van der Waals surface area contributed by atoms with Crippen LogP contribution in [0.25, 0.3) is 0 Å². The van der Waals surface area contributed by atoms with Crippen LogP contribution in [-0.2, 0) is 23.9 Å². The molecule has 8 heteroatoms. The molecule has 0 aromatic heterocycles. The molecular formula is C25H32O8. The summed E-state index contributed by atoms with van der Waals surface area (Å²) >= 11 is 0. The Morgan fingerprint density at radius 1 is 1.24 bits per heavy atom. The van der Waals surface area contributed by atoms with Crippen molar-refractivity contribution in [2.45, 2.75) is 65.1 Å². The summed E-state index contributed by atoms with van der Waals surface area (Å²) in [7, 11) is 0. The number of aliphatic hydroxyl groups excluding tert-OH is 1. The van der Waals surface area contributed by atoms with Gasteiger partial charge in [-0.15, -0.1) is 0 Å². The number of rotatable bonds is 4. The predicted molar refractivity (Wildman–Crippen MR) is 116 cm³/mol. The van der Waals surface area contributed by atoms with Gasteiger partial charge in [-0.2, -0.15) is 0 Å². The van der Waals surface area contributed by atoms with Crippen molar-refractivity contribution < 1.29 is 38.9 Å². The molecule has 8 nitrogen and oxygen atoms in total. The lowest BCUT2D eigenvalue weighted by Crippen LogP contribution is -2.63. The molecule has 0 spiro atoms. The number of aliphatic hydroxyl groups is 1. The van der Waals surface area contributed by atoms with Crippen LogP contribution in [0.3, 0.4) is 0 Å². The van der Waals surface area contributed by atoms with Crippen molar-refractivity contribution in [1.82, 2.24) is 0 Å². The second-order valence-electron chi connectivity index (χ2n) is 10.7. The SMILES string of the molecule is CC(=O)OCC(=O)[C@@]1(OC(=O)O)CC[C@H]2[C@@H]3C[C@H](C)C4=CC(=O)C=C[C@]4(C)[C@H]3[C@@H](O)C[C@@]21C. The fraction of sp³-hybridized carbons (Fsp3) is 0.680. The van der Waals surface area contributed by atoms with Crippen LogP contribution in [0, 0.1) is 34.5 Å². The molecule has 3 fully saturated rings. The van der Waals surface area contributed by atoms with Crippen molar-refractivity contribution in [1.29, 1.82) is 0 Å². The number of ketones is 2. The van der Waals surface area contributed by atoms with Gasteiger partial charge in [0.2, 0.25) is 5.78 Å². The third kappa shape index (κ3) is 3.36. The molecule has 0 aliphatic heterocycles. The zero-order chi connectivity index (χ0) is 24.3. The molecule has 0 bridgehead atoms. The summed E-state index contributed by atoms with van der Waals surface area (Å²) in [5.74, 6) is -1.39. The summed E-state index contributed by atoms with van der Waals surface area (Å²) in [5, 5.41) is 21.0. The minimum atomic E-state index is -1.69. The van der Waals surface area contributed by atoms with Crippen LogP contribution in [0.4, 0.5) is 4.79 Å². The summed E-state index contributed by atoms with van der Waals surface area (Å²) in [6, 6.07) is 0. The van der Waals surface area contributed by atoms with Crippen LogP contribution < -0.4 is 0 Å². The van der Waals surface area contributed by atoms with Crippen LogP contribution >= 0.6 is 0 Å². The Hall–Kier alpha value is -2.48. The lowest BCUT2D eigenvalue weighted by Gasteiger charge is -2.60. The van der Waals surface area contributed by atoms with E-state index in [9.17, 15) is 29.4 Å². The van der Waals surface area contributed by atoms with Gasteiger partial charge in [0.05, 0.1) is 6.10 Å². The van der Waals surface area contributed by atoms with E-state index in [0.717, 1.165) is 12.0 Å². The molecule has 4 aliphatic carbocycles. The zero-order valence-corrected chi connectivity index (χ0v) is 19.5. The Labute approximate surface area is 193 Å². The molecule has 0 aromatic carbocycles. The molecule has 4 aliphatic rings. The molecular weight excluding hydrogens is 428 g/mol. The highest BCUT2D eigenvalue weighted by molar-refractivity contribution is 6.01. The quantitative estimate of drug-likeness (QED) is 0.613. The average molecular weight is 461 g/mol. The molecule has 0 radical (unpaired) electrons. The van der Waals surface area contributed by atoms with Crippen LogP contribution in [0.15, 0.2) is 23.8 Å². The highest BCUT2D eigenvalue weighted by Crippen LogP contribution is 2.68. The first-order chi connectivity index (χ1) is 15.4. The number of esters is 1. The van der Waals surface area contributed by atoms with Gasteiger partial charge in [0.1, 0.15) is 0 Å². The van der Waals surface area contributed by atoms with Crippen molar-refractivity contribution >= 4 is 23.7 Å². The number of fused-ring (bicyclic) bond motifs is 5. The van der Waals surface area contributed by atoms with Crippen molar-refractivity contribution in [3.05, 3.63) is 23.8 Å². The Morgan fingerprint density at radius 2 is 1.94 bits per heavy atom. The maximum Gasteiger partial charge on any atom is 0.506 e. The first-order valence-electron chi connectivity index (χ1n) is 11.6. The van der Waals surface area contributed by atoms with Crippen LogP contribution in [-0.4, -0.2) is 52.2 Å². The largest absolute Gasteiger partial charge is 0.506 e. The van der Waals surface area contributed by atoms with Gasteiger partial charge in [-0.25, -0.2) is 4.79 Å². The molecule has 3 saturated carbocycles. The third-order valence-electron chi connectivity index (χ3n) is 9.06. The number of hydrogen-bond acceptors (Lipinski definition) is 7. The Bertz CT molecular complexity index is 965. The normalized spacial score (nSPS) is 43.6. The van der Waals surface area contributed by atoms with Gasteiger partial charge >= 0.3 is 12.1 Å². The van der Waals surface area contributed by atoms with Gasteiger partial charge < -0.3 is 19.7 Å². The fourth-order valence-corrected chi connectivity index (χ4v) is 7.85. The van der Waals surface area contributed by atoms with Gasteiger partial charge in [-0.1, -0.05) is 32.4 Å². The van der Waals surface area contributed by atoms with Crippen molar-refractivity contribution in [2.24, 2.45) is 34.5 Å². The first-order valence-corrected chi connectivity index (χ1v) is 11.6. The van der Waals surface area contributed by atoms with Crippen molar-refractivity contribution in [3.63, 3.8) is 0 Å². The maximum atomic E-state index is 13.3. The Kier molecular flexibility index (Phi) is 5.59. The van der Waals surface area contributed by atoms with E-state index in [2.05, 4.69) is 13.8 Å². The van der Waals surface area contributed by atoms with E-state index in [1.807, 2.05) is 13.0 Å². The Morgan fingerprint density at radius 3 is 2.58 bits per heavy atom. The molecule has 4 rings (SSSR count). The van der Waals surface area contributed by atoms with E-state index in [0.29, 0.717) is 6.42 Å². The molecule has 8 atom stereocenters. The summed E-state index contributed by atoms with van der Waals surface area (Å²) in [6.07, 6.45) is 4.42. The molecule has 0 amide bonds. The van der Waals surface area contributed by atoms with E-state index in [4.69, 9.17) is 9.47 Å². The van der Waals surface area contributed by atoms with Crippen LogP contribution in [0.2, 0.25) is 0 Å². The highest BCUT2D eigenvalue weighted by atomic mass is 16.7. The monoisotopic (exact) mass is 460 g/mol. The summed E-state index contributed by atoms with van der Waals surface area (Å²) < 4.78 is 10.3. The Balaban J connectivity index is 1.76. The van der Waals surface area contributed by atoms with Crippen molar-refractivity contribution in [2.75, 3.05) is 6.61 Å². The number of Topliss-reactive ketones (excluding diaryl/α,β-unsaturated/α-hetero) is 1. The molecule has 2 N–H and O–H groups in total. The summed E-state index contributed by atoms with van der Waals surface area (Å²) in [4.78, 5) is 48.4. The highest BCUT2D eigenvalue weighted by Gasteiger charge is 2.71. The average Bonchev–Trinajstić information content (AvgIpc) is 2.99. The second kappa shape index (κ2) is 7.79. The minimum absolute atomic E-state index is 0.00884. The minimum Gasteiger partial charge on any atom is -0.458 e. The molecule has 33 heavy (non-hydrogen) atoms. The summed E-state index contributed by atoms with van der Waals surface area (Å²) in [5.41, 5.74) is -2.11. The predicted octanol–water partition coefficient (Wildman–Crippen LogP) is 3.08. The number of carbonyl (C=O) groups excluding carboxylic acids is 3. The molecule has 0 heterocycles. The summed E-state index contributed by atoms with van der Waals surface area (Å²) in [6.45, 7) is 6.58. The number of carboxylic acid groups (broad SMARTS) is 1. The standard InChI is InChI=1S/C25H32O8/c1-13-9-16-17-6-8-25(33-22(30)31,20(29)12-32-14(2)26)24(17,4)11-19(28)21(16)23(3)7-5-15(27)10-18(13)23/h5,7,10,13,16-17,19,21,28H,6,8-9,11-12H2,1-4H3,(H,30,31)/t13-,16-,17-,19-,21+,23-,24-,25-/m0/s1. The smallest absolute Gasteiger partial charge is 0.458 e. The first kappa shape index (κ1) is 23.7. The molecule has 0 aromatic rings. The topological polar surface area (TPSA) is 127 Å². The maximum absolute atomic E-state index is 13.3. The fourth-order valence-electron chi connectivity index (χ4n) is 7.85. The molecule has 0 saturated heterocycles. The van der Waals surface area contributed by atoms with Crippen molar-refractivity contribution in [3.8, 4) is 0 Å². The number of ether oxygens (including phenoxy) is 2. The van der Waals surface area contributed by atoms with Gasteiger partial charge in [-0.3, -0.25) is 14.4 Å². The van der Waals surface area contributed by atoms with Gasteiger partial charge in [0, 0.05) is 23.7 Å². The third-order valence-corrected chi connectivity index (χ3v) is 9.06. The molecule has 0 unspecified atom stereocenters. The van der Waals surface area contributed by atoms with E-state index in [-0.39, 0.29) is 42.3 Å². The lowest BCUT2D eigenvalue weighted by molar-refractivity contribution is -0.185. The number of hydrogen-bond donors (Lipinski definition) is 2. The molecule has 180 valence electrons. The number of carbonyl (C=O) groups is 4. The van der Waals surface area contributed by atoms with E-state index in [1.54, 1.807) is 12.2 Å². The zero-order valence-electron chi connectivity index (χ0n) is 19.5. The van der Waals surface area contributed by atoms with E-state index in [1.165, 1.54) is 6.92 Å².